The number of methoxy groups -OCH3 is 3. The van der Waals surface area contributed by atoms with Gasteiger partial charge in [0.2, 0.25) is 5.75 Å². The maximum atomic E-state index is 13.3. The summed E-state index contributed by atoms with van der Waals surface area (Å²) in [6, 6.07) is 25.7. The van der Waals surface area contributed by atoms with Gasteiger partial charge >= 0.3 is 0 Å². The van der Waals surface area contributed by atoms with Gasteiger partial charge in [0.25, 0.3) is 0 Å². The molecule has 0 spiro atoms. The highest BCUT2D eigenvalue weighted by Gasteiger charge is 2.19. The molecule has 0 aromatic heterocycles. The Morgan fingerprint density at radius 1 is 0.718 bits per heavy atom. The lowest BCUT2D eigenvalue weighted by Crippen LogP contribution is -2.04. The Morgan fingerprint density at radius 3 is 1.82 bits per heavy atom. The monoisotopic (exact) mass is 526 g/mol. The van der Waals surface area contributed by atoms with Gasteiger partial charge in [-0.2, -0.15) is 0 Å². The van der Waals surface area contributed by atoms with Crippen molar-refractivity contribution in [3.8, 4) is 34.5 Å². The first-order chi connectivity index (χ1) is 19.0. The smallest absolute Gasteiger partial charge is 0.203 e. The summed E-state index contributed by atoms with van der Waals surface area (Å²) in [5, 5.41) is 10.9. The Hall–Kier alpha value is -4.91. The number of rotatable bonds is 12. The largest absolute Gasteiger partial charge is 0.507 e. The molecule has 0 bridgehead atoms. The predicted molar refractivity (Wildman–Crippen MR) is 149 cm³/mol. The number of ether oxygens (including phenoxy) is 5. The minimum Gasteiger partial charge on any atom is -0.507 e. The molecular weight excluding hydrogens is 496 g/mol. The first kappa shape index (κ1) is 27.1. The van der Waals surface area contributed by atoms with Gasteiger partial charge in [-0.05, 0) is 34.9 Å². The average Bonchev–Trinajstić information content (AvgIpc) is 2.98. The minimum atomic E-state index is -0.445. The molecule has 0 aliphatic rings. The van der Waals surface area contributed by atoms with Crippen LogP contribution < -0.4 is 23.7 Å². The molecule has 0 unspecified atom stereocenters. The first-order valence-electron chi connectivity index (χ1n) is 12.2. The van der Waals surface area contributed by atoms with E-state index in [1.54, 1.807) is 24.3 Å². The maximum absolute atomic E-state index is 13.3. The summed E-state index contributed by atoms with van der Waals surface area (Å²) in [7, 11) is 4.56. The number of carbonyl (C=O) groups excluding carboxylic acids is 1. The number of ketones is 1. The molecule has 1 N–H and O–H groups in total. The van der Waals surface area contributed by atoms with Crippen LogP contribution in [0.3, 0.4) is 0 Å². The summed E-state index contributed by atoms with van der Waals surface area (Å²) in [6.45, 7) is 0.506. The van der Waals surface area contributed by atoms with Crippen LogP contribution in [0.1, 0.15) is 27.0 Å². The van der Waals surface area contributed by atoms with Crippen molar-refractivity contribution in [2.75, 3.05) is 21.3 Å². The Balaban J connectivity index is 1.63. The summed E-state index contributed by atoms with van der Waals surface area (Å²) in [5.41, 5.74) is 2.56. The third-order valence-corrected chi connectivity index (χ3v) is 5.90. The molecular formula is C32H30O7. The quantitative estimate of drug-likeness (QED) is 0.167. The Bertz CT molecular complexity index is 1410. The standard InChI is InChI=1S/C32H30O7/c1-35-29-16-24(17-30(36-2)32(29)37-3)14-15-26(33)31-27(34)18-25(38-20-22-10-6-4-7-11-22)19-28(31)39-21-23-12-8-5-9-13-23/h4-19,34H,20-21H2,1-3H3/b15-14+. The molecule has 0 fully saturated rings. The van der Waals surface area contributed by atoms with Gasteiger partial charge in [0.15, 0.2) is 17.3 Å². The normalized spacial score (nSPS) is 10.7. The zero-order chi connectivity index (χ0) is 27.6. The van der Waals surface area contributed by atoms with E-state index in [1.807, 2.05) is 60.7 Å². The van der Waals surface area contributed by atoms with Crippen molar-refractivity contribution in [2.45, 2.75) is 13.2 Å². The van der Waals surface area contributed by atoms with Crippen LogP contribution in [0.4, 0.5) is 0 Å². The van der Waals surface area contributed by atoms with E-state index in [9.17, 15) is 9.90 Å². The van der Waals surface area contributed by atoms with Gasteiger partial charge < -0.3 is 28.8 Å². The van der Waals surface area contributed by atoms with Crippen LogP contribution in [0.5, 0.6) is 34.5 Å². The highest BCUT2D eigenvalue weighted by Crippen LogP contribution is 2.39. The lowest BCUT2D eigenvalue weighted by atomic mass is 10.1. The molecule has 0 saturated heterocycles. The molecule has 4 aromatic rings. The Kier molecular flexibility index (Phi) is 9.08. The summed E-state index contributed by atoms with van der Waals surface area (Å²) < 4.78 is 28.1. The lowest BCUT2D eigenvalue weighted by molar-refractivity contribution is 0.104. The molecule has 0 radical (unpaired) electrons. The molecule has 200 valence electrons. The summed E-state index contributed by atoms with van der Waals surface area (Å²) in [4.78, 5) is 13.3. The maximum Gasteiger partial charge on any atom is 0.203 e. The number of allylic oxidation sites excluding steroid dienone is 1. The van der Waals surface area contributed by atoms with E-state index in [0.29, 0.717) is 35.2 Å². The fourth-order valence-electron chi connectivity index (χ4n) is 3.95. The molecule has 0 aliphatic carbocycles. The van der Waals surface area contributed by atoms with Crippen LogP contribution >= 0.6 is 0 Å². The van der Waals surface area contributed by atoms with E-state index in [-0.39, 0.29) is 23.7 Å². The molecule has 0 heterocycles. The van der Waals surface area contributed by atoms with E-state index >= 15 is 0 Å². The molecule has 0 amide bonds. The summed E-state index contributed by atoms with van der Waals surface area (Å²) in [5.74, 6) is 1.26. The van der Waals surface area contributed by atoms with Gasteiger partial charge in [0, 0.05) is 12.1 Å². The number of carbonyl (C=O) groups is 1. The third kappa shape index (κ3) is 6.90. The van der Waals surface area contributed by atoms with Gasteiger partial charge in [0.1, 0.15) is 36.0 Å². The molecule has 7 nitrogen and oxygen atoms in total. The second-order valence-electron chi connectivity index (χ2n) is 8.52. The van der Waals surface area contributed by atoms with Crippen LogP contribution in [0, 0.1) is 0 Å². The van der Waals surface area contributed by atoms with Crippen molar-refractivity contribution in [3.63, 3.8) is 0 Å². The van der Waals surface area contributed by atoms with E-state index in [1.165, 1.54) is 33.5 Å². The lowest BCUT2D eigenvalue weighted by Gasteiger charge is -2.15. The highest BCUT2D eigenvalue weighted by atomic mass is 16.5. The van der Waals surface area contributed by atoms with E-state index in [4.69, 9.17) is 23.7 Å². The van der Waals surface area contributed by atoms with Crippen molar-refractivity contribution >= 4 is 11.9 Å². The topological polar surface area (TPSA) is 83.5 Å². The van der Waals surface area contributed by atoms with Crippen LogP contribution in [0.25, 0.3) is 6.08 Å². The highest BCUT2D eigenvalue weighted by molar-refractivity contribution is 6.10. The molecule has 0 atom stereocenters. The summed E-state index contributed by atoms with van der Waals surface area (Å²) in [6.07, 6.45) is 2.96. The molecule has 4 rings (SSSR count). The van der Waals surface area contributed by atoms with E-state index < -0.39 is 5.78 Å². The number of phenolic OH excluding ortho intramolecular Hbond substituents is 1. The number of hydrogen-bond acceptors (Lipinski definition) is 7. The van der Waals surface area contributed by atoms with E-state index in [0.717, 1.165) is 11.1 Å². The molecule has 7 heteroatoms. The number of hydrogen-bond donors (Lipinski definition) is 1. The predicted octanol–water partition coefficient (Wildman–Crippen LogP) is 6.47. The van der Waals surface area contributed by atoms with Crippen molar-refractivity contribution in [2.24, 2.45) is 0 Å². The van der Waals surface area contributed by atoms with E-state index in [2.05, 4.69) is 0 Å². The number of phenols is 1. The minimum absolute atomic E-state index is 0.0293. The summed E-state index contributed by atoms with van der Waals surface area (Å²) >= 11 is 0. The van der Waals surface area contributed by atoms with Crippen molar-refractivity contribution in [3.05, 3.63) is 113 Å². The number of benzene rings is 4. The first-order valence-corrected chi connectivity index (χ1v) is 12.2. The molecule has 0 aliphatic heterocycles. The fraction of sp³-hybridized carbons (Fsp3) is 0.156. The third-order valence-electron chi connectivity index (χ3n) is 5.90. The van der Waals surface area contributed by atoms with Crippen LogP contribution in [-0.2, 0) is 13.2 Å². The van der Waals surface area contributed by atoms with Gasteiger partial charge in [-0.25, -0.2) is 0 Å². The molecule has 4 aromatic carbocycles. The second kappa shape index (κ2) is 13.1. The molecule has 39 heavy (non-hydrogen) atoms. The Labute approximate surface area is 227 Å². The zero-order valence-electron chi connectivity index (χ0n) is 22.0. The van der Waals surface area contributed by atoms with Crippen molar-refractivity contribution < 1.29 is 33.6 Å². The van der Waals surface area contributed by atoms with Crippen LogP contribution in [-0.4, -0.2) is 32.2 Å². The van der Waals surface area contributed by atoms with Crippen molar-refractivity contribution in [1.82, 2.24) is 0 Å². The van der Waals surface area contributed by atoms with Crippen molar-refractivity contribution in [1.29, 1.82) is 0 Å². The number of aromatic hydroxyl groups is 1. The second-order valence-corrected chi connectivity index (χ2v) is 8.52. The average molecular weight is 527 g/mol. The molecule has 0 saturated carbocycles. The SMILES string of the molecule is COc1cc(/C=C/C(=O)c2c(O)cc(OCc3ccccc3)cc2OCc2ccccc2)cc(OC)c1OC. The van der Waals surface area contributed by atoms with Gasteiger partial charge in [-0.3, -0.25) is 4.79 Å². The Morgan fingerprint density at radius 2 is 1.28 bits per heavy atom. The van der Waals surface area contributed by atoms with Gasteiger partial charge in [-0.15, -0.1) is 0 Å². The van der Waals surface area contributed by atoms with Gasteiger partial charge in [0.05, 0.1) is 21.3 Å². The zero-order valence-corrected chi connectivity index (χ0v) is 22.0. The fourth-order valence-corrected chi connectivity index (χ4v) is 3.95. The van der Waals surface area contributed by atoms with Gasteiger partial charge in [-0.1, -0.05) is 66.7 Å². The van der Waals surface area contributed by atoms with Crippen LogP contribution in [0.2, 0.25) is 0 Å². The van der Waals surface area contributed by atoms with Crippen LogP contribution in [0.15, 0.2) is 91.0 Å².